The van der Waals surface area contributed by atoms with Gasteiger partial charge in [-0.1, -0.05) is 0 Å². The van der Waals surface area contributed by atoms with Crippen molar-refractivity contribution in [2.75, 3.05) is 6.61 Å². The van der Waals surface area contributed by atoms with Crippen molar-refractivity contribution in [2.45, 2.75) is 25.4 Å². The standard InChI is InChI=1S/C11H13N3O2/c15-8-3-4-14-11(6-8)12-10(13-14)7-9-2-1-5-16-9/h3-4,6,9H,1-2,5,7H2,(H,12,13). The van der Waals surface area contributed by atoms with Crippen LogP contribution in [0.4, 0.5) is 0 Å². The molecular formula is C11H13N3O2. The molecule has 0 aromatic carbocycles. The first-order valence-corrected chi connectivity index (χ1v) is 5.50. The summed E-state index contributed by atoms with van der Waals surface area (Å²) in [5.41, 5.74) is 0.649. The van der Waals surface area contributed by atoms with E-state index >= 15 is 0 Å². The number of pyridine rings is 1. The lowest BCUT2D eigenvalue weighted by Gasteiger charge is -2.05. The van der Waals surface area contributed by atoms with E-state index in [4.69, 9.17) is 4.74 Å². The Balaban J connectivity index is 1.89. The van der Waals surface area contributed by atoms with E-state index in [1.165, 1.54) is 12.1 Å². The van der Waals surface area contributed by atoms with Crippen LogP contribution in [0, 0.1) is 0 Å². The first kappa shape index (κ1) is 9.59. The van der Waals surface area contributed by atoms with Crippen molar-refractivity contribution in [3.05, 3.63) is 34.4 Å². The van der Waals surface area contributed by atoms with Crippen molar-refractivity contribution in [1.29, 1.82) is 0 Å². The second-order valence-corrected chi connectivity index (χ2v) is 4.10. The van der Waals surface area contributed by atoms with Crippen LogP contribution in [0.15, 0.2) is 23.1 Å². The Morgan fingerprint density at radius 3 is 3.38 bits per heavy atom. The van der Waals surface area contributed by atoms with Gasteiger partial charge in [-0.05, 0) is 12.8 Å². The molecule has 1 fully saturated rings. The normalized spacial score (nSPS) is 20.6. The molecule has 1 atom stereocenters. The van der Waals surface area contributed by atoms with Crippen LogP contribution in [0.5, 0.6) is 0 Å². The molecule has 2 aromatic heterocycles. The van der Waals surface area contributed by atoms with Crippen LogP contribution in [0.25, 0.3) is 5.65 Å². The summed E-state index contributed by atoms with van der Waals surface area (Å²) in [5.74, 6) is 0.873. The lowest BCUT2D eigenvalue weighted by atomic mass is 10.2. The van der Waals surface area contributed by atoms with Gasteiger partial charge in [0, 0.05) is 31.4 Å². The van der Waals surface area contributed by atoms with Crippen molar-refractivity contribution < 1.29 is 4.74 Å². The molecule has 0 spiro atoms. The average molecular weight is 219 g/mol. The topological polar surface area (TPSA) is 59.4 Å². The number of aromatic amines is 1. The van der Waals surface area contributed by atoms with E-state index in [0.717, 1.165) is 31.7 Å². The summed E-state index contributed by atoms with van der Waals surface area (Å²) in [7, 11) is 0. The van der Waals surface area contributed by atoms with Crippen LogP contribution in [0.3, 0.4) is 0 Å². The molecule has 16 heavy (non-hydrogen) atoms. The average Bonchev–Trinajstić information content (AvgIpc) is 2.86. The second kappa shape index (κ2) is 3.75. The molecule has 3 rings (SSSR count). The maximum absolute atomic E-state index is 11.1. The van der Waals surface area contributed by atoms with Crippen LogP contribution < -0.4 is 5.43 Å². The monoisotopic (exact) mass is 219 g/mol. The highest BCUT2D eigenvalue weighted by atomic mass is 16.5. The number of rotatable bonds is 2. The van der Waals surface area contributed by atoms with Gasteiger partial charge in [0.1, 0.15) is 5.82 Å². The lowest BCUT2D eigenvalue weighted by molar-refractivity contribution is 0.110. The van der Waals surface area contributed by atoms with Gasteiger partial charge in [0.2, 0.25) is 0 Å². The summed E-state index contributed by atoms with van der Waals surface area (Å²) in [6.07, 6.45) is 4.98. The number of nitrogens with one attached hydrogen (secondary N) is 1. The first-order chi connectivity index (χ1) is 7.81. The molecule has 1 aliphatic heterocycles. The zero-order valence-electron chi connectivity index (χ0n) is 8.85. The SMILES string of the molecule is O=c1ccn2[nH]c(CC3CCCO3)nc2c1. The van der Waals surface area contributed by atoms with Gasteiger partial charge in [-0.25, -0.2) is 9.50 Å². The number of fused-ring (bicyclic) bond motifs is 1. The van der Waals surface area contributed by atoms with E-state index in [9.17, 15) is 4.79 Å². The number of nitrogens with zero attached hydrogens (tertiary/aromatic N) is 2. The van der Waals surface area contributed by atoms with Gasteiger partial charge in [0.05, 0.1) is 6.10 Å². The van der Waals surface area contributed by atoms with E-state index < -0.39 is 0 Å². The Morgan fingerprint density at radius 1 is 1.62 bits per heavy atom. The Hall–Kier alpha value is -1.62. The van der Waals surface area contributed by atoms with Gasteiger partial charge in [-0.3, -0.25) is 9.89 Å². The molecule has 3 heterocycles. The Labute approximate surface area is 92.1 Å². The summed E-state index contributed by atoms with van der Waals surface area (Å²) in [4.78, 5) is 15.5. The highest BCUT2D eigenvalue weighted by Gasteiger charge is 2.17. The molecule has 5 heteroatoms. The molecule has 1 unspecified atom stereocenters. The summed E-state index contributed by atoms with van der Waals surface area (Å²) in [5, 5.41) is 3.14. The molecule has 0 amide bonds. The third kappa shape index (κ3) is 1.74. The maximum atomic E-state index is 11.1. The van der Waals surface area contributed by atoms with Crippen molar-refractivity contribution in [3.8, 4) is 0 Å². The van der Waals surface area contributed by atoms with Crippen molar-refractivity contribution in [3.63, 3.8) is 0 Å². The fraction of sp³-hybridized carbons (Fsp3) is 0.455. The van der Waals surface area contributed by atoms with E-state index in [-0.39, 0.29) is 11.5 Å². The van der Waals surface area contributed by atoms with Gasteiger partial charge in [-0.15, -0.1) is 0 Å². The van der Waals surface area contributed by atoms with Gasteiger partial charge >= 0.3 is 0 Å². The molecule has 84 valence electrons. The first-order valence-electron chi connectivity index (χ1n) is 5.50. The van der Waals surface area contributed by atoms with Crippen molar-refractivity contribution in [1.82, 2.24) is 14.6 Å². The Kier molecular flexibility index (Phi) is 2.25. The van der Waals surface area contributed by atoms with Crippen LogP contribution in [0.2, 0.25) is 0 Å². The summed E-state index contributed by atoms with van der Waals surface area (Å²) in [6, 6.07) is 3.04. The van der Waals surface area contributed by atoms with Gasteiger partial charge in [-0.2, -0.15) is 0 Å². The predicted molar refractivity (Wildman–Crippen MR) is 58.5 cm³/mol. The lowest BCUT2D eigenvalue weighted by Crippen LogP contribution is -2.10. The smallest absolute Gasteiger partial charge is 0.183 e. The minimum absolute atomic E-state index is 0.0184. The van der Waals surface area contributed by atoms with E-state index in [1.807, 2.05) is 0 Å². The fourth-order valence-corrected chi connectivity index (χ4v) is 2.06. The number of hydrogen-bond donors (Lipinski definition) is 1. The van der Waals surface area contributed by atoms with Gasteiger partial charge in [0.15, 0.2) is 11.1 Å². The molecule has 1 N–H and O–H groups in total. The van der Waals surface area contributed by atoms with Crippen molar-refractivity contribution >= 4 is 5.65 Å². The molecule has 0 saturated carbocycles. The molecule has 0 radical (unpaired) electrons. The molecule has 0 bridgehead atoms. The third-order valence-corrected chi connectivity index (χ3v) is 2.85. The highest BCUT2D eigenvalue weighted by Crippen LogP contribution is 2.15. The van der Waals surface area contributed by atoms with Crippen LogP contribution in [-0.4, -0.2) is 27.3 Å². The van der Waals surface area contributed by atoms with E-state index in [0.29, 0.717) is 5.65 Å². The van der Waals surface area contributed by atoms with Gasteiger partial charge < -0.3 is 4.74 Å². The minimum atomic E-state index is -0.0184. The highest BCUT2D eigenvalue weighted by molar-refractivity contribution is 5.36. The summed E-state index contributed by atoms with van der Waals surface area (Å²) in [6.45, 7) is 0.850. The Bertz CT molecular complexity index is 552. The largest absolute Gasteiger partial charge is 0.378 e. The van der Waals surface area contributed by atoms with Crippen LogP contribution in [0.1, 0.15) is 18.7 Å². The zero-order valence-corrected chi connectivity index (χ0v) is 8.85. The quantitative estimate of drug-likeness (QED) is 0.810. The predicted octanol–water partition coefficient (Wildman–Crippen LogP) is 0.744. The maximum Gasteiger partial charge on any atom is 0.183 e. The number of hydrogen-bond acceptors (Lipinski definition) is 3. The minimum Gasteiger partial charge on any atom is -0.378 e. The van der Waals surface area contributed by atoms with Crippen LogP contribution >= 0.6 is 0 Å². The summed E-state index contributed by atoms with van der Waals surface area (Å²) >= 11 is 0. The van der Waals surface area contributed by atoms with E-state index in [1.54, 1.807) is 10.7 Å². The second-order valence-electron chi connectivity index (χ2n) is 4.10. The van der Waals surface area contributed by atoms with Crippen molar-refractivity contribution in [2.24, 2.45) is 0 Å². The molecule has 1 aliphatic rings. The number of ether oxygens (including phenoxy) is 1. The Morgan fingerprint density at radius 2 is 2.56 bits per heavy atom. The molecular weight excluding hydrogens is 206 g/mol. The molecule has 5 nitrogen and oxygen atoms in total. The number of aromatic nitrogens is 3. The number of H-pyrrole nitrogens is 1. The third-order valence-electron chi connectivity index (χ3n) is 2.85. The van der Waals surface area contributed by atoms with Crippen LogP contribution in [-0.2, 0) is 11.2 Å². The fourth-order valence-electron chi connectivity index (χ4n) is 2.06. The summed E-state index contributed by atoms with van der Waals surface area (Å²) < 4.78 is 7.30. The van der Waals surface area contributed by atoms with Gasteiger partial charge in [0.25, 0.3) is 0 Å². The molecule has 1 saturated heterocycles. The molecule has 2 aromatic rings. The molecule has 0 aliphatic carbocycles. The zero-order chi connectivity index (χ0) is 11.0. The van der Waals surface area contributed by atoms with E-state index in [2.05, 4.69) is 10.1 Å².